The number of hydrogen-bond donors (Lipinski definition) is 2. The van der Waals surface area contributed by atoms with Crippen LogP contribution in [0, 0.1) is 6.92 Å². The summed E-state index contributed by atoms with van der Waals surface area (Å²) in [4.78, 5) is 5.23. The van der Waals surface area contributed by atoms with Crippen LogP contribution >= 0.6 is 23.1 Å². The van der Waals surface area contributed by atoms with Gasteiger partial charge in [0, 0.05) is 21.7 Å². The molecule has 0 spiro atoms. The summed E-state index contributed by atoms with van der Waals surface area (Å²) >= 11 is 3.00. The maximum Gasteiger partial charge on any atom is 0.212 e. The van der Waals surface area contributed by atoms with Gasteiger partial charge >= 0.3 is 0 Å². The van der Waals surface area contributed by atoms with E-state index in [2.05, 4.69) is 9.71 Å². The topological polar surface area (TPSA) is 85.1 Å². The van der Waals surface area contributed by atoms with Crippen LogP contribution in [0.1, 0.15) is 10.7 Å². The highest BCUT2D eigenvalue weighted by atomic mass is 32.2. The number of anilines is 1. The van der Waals surface area contributed by atoms with Crippen LogP contribution in [0.25, 0.3) is 0 Å². The van der Waals surface area contributed by atoms with Gasteiger partial charge in [0.05, 0.1) is 23.0 Å². The Labute approximate surface area is 133 Å². The van der Waals surface area contributed by atoms with Crippen molar-refractivity contribution in [2.24, 2.45) is 0 Å². The van der Waals surface area contributed by atoms with E-state index in [4.69, 9.17) is 5.73 Å². The van der Waals surface area contributed by atoms with Gasteiger partial charge < -0.3 is 5.73 Å². The molecule has 0 amide bonds. The van der Waals surface area contributed by atoms with Gasteiger partial charge in [0.2, 0.25) is 10.0 Å². The van der Waals surface area contributed by atoms with E-state index in [1.54, 1.807) is 12.1 Å². The predicted octanol–water partition coefficient (Wildman–Crippen LogP) is 2.25. The number of aromatic nitrogens is 1. The Balaban J connectivity index is 1.77. The Kier molecular flexibility index (Phi) is 5.63. The van der Waals surface area contributed by atoms with E-state index in [1.807, 2.05) is 24.4 Å². The quantitative estimate of drug-likeness (QED) is 0.595. The van der Waals surface area contributed by atoms with E-state index in [9.17, 15) is 8.42 Å². The van der Waals surface area contributed by atoms with Gasteiger partial charge in [-0.15, -0.1) is 23.1 Å². The van der Waals surface area contributed by atoms with E-state index in [0.717, 1.165) is 15.6 Å². The van der Waals surface area contributed by atoms with Crippen molar-refractivity contribution in [1.82, 2.24) is 9.71 Å². The Morgan fingerprint density at radius 2 is 2.05 bits per heavy atom. The molecule has 1 aromatic carbocycles. The van der Waals surface area contributed by atoms with E-state index < -0.39 is 10.0 Å². The van der Waals surface area contributed by atoms with Crippen molar-refractivity contribution in [3.05, 3.63) is 40.3 Å². The van der Waals surface area contributed by atoms with Crippen molar-refractivity contribution in [3.63, 3.8) is 0 Å². The number of sulfonamides is 1. The van der Waals surface area contributed by atoms with Gasteiger partial charge in [0.25, 0.3) is 0 Å². The Hall–Kier alpha value is -1.09. The van der Waals surface area contributed by atoms with Gasteiger partial charge in [-0.3, -0.25) is 0 Å². The fourth-order valence-electron chi connectivity index (χ4n) is 1.58. The number of rotatable bonds is 7. The lowest BCUT2D eigenvalue weighted by atomic mass is 10.3. The SMILES string of the molecule is Cc1nc(CNS(=O)(=O)CCSc2ccc(N)cc2)cs1. The van der Waals surface area contributed by atoms with E-state index >= 15 is 0 Å². The predicted molar refractivity (Wildman–Crippen MR) is 89.1 cm³/mol. The lowest BCUT2D eigenvalue weighted by Gasteiger charge is -2.05. The molecule has 0 aliphatic heterocycles. The van der Waals surface area contributed by atoms with Gasteiger partial charge in [0.15, 0.2) is 0 Å². The first-order chi connectivity index (χ1) is 9.94. The van der Waals surface area contributed by atoms with Gasteiger partial charge in [-0.05, 0) is 31.2 Å². The summed E-state index contributed by atoms with van der Waals surface area (Å²) < 4.78 is 26.3. The van der Waals surface area contributed by atoms with Crippen LogP contribution in [0.4, 0.5) is 5.69 Å². The molecule has 21 heavy (non-hydrogen) atoms. The standard InChI is InChI=1S/C13H17N3O2S3/c1-10-16-12(9-20-10)8-15-21(17,18)7-6-19-13-4-2-11(14)3-5-13/h2-5,9,15H,6-8,14H2,1H3. The highest BCUT2D eigenvalue weighted by Crippen LogP contribution is 2.19. The smallest absolute Gasteiger partial charge is 0.212 e. The lowest BCUT2D eigenvalue weighted by Crippen LogP contribution is -2.27. The van der Waals surface area contributed by atoms with Crippen LogP contribution in [0.5, 0.6) is 0 Å². The fraction of sp³-hybridized carbons (Fsp3) is 0.308. The Morgan fingerprint density at radius 1 is 1.33 bits per heavy atom. The molecule has 0 atom stereocenters. The number of nitrogens with one attached hydrogen (secondary N) is 1. The number of aryl methyl sites for hydroxylation is 1. The van der Waals surface area contributed by atoms with Crippen molar-refractivity contribution < 1.29 is 8.42 Å². The van der Waals surface area contributed by atoms with Crippen LogP contribution < -0.4 is 10.5 Å². The van der Waals surface area contributed by atoms with E-state index in [0.29, 0.717) is 11.4 Å². The first-order valence-electron chi connectivity index (χ1n) is 6.31. The molecule has 5 nitrogen and oxygen atoms in total. The molecular weight excluding hydrogens is 326 g/mol. The number of nitrogen functional groups attached to an aromatic ring is 1. The zero-order valence-electron chi connectivity index (χ0n) is 11.6. The molecule has 0 radical (unpaired) electrons. The molecule has 0 aliphatic carbocycles. The summed E-state index contributed by atoms with van der Waals surface area (Å²) in [6.45, 7) is 2.14. The molecule has 2 aromatic rings. The minimum Gasteiger partial charge on any atom is -0.399 e. The largest absolute Gasteiger partial charge is 0.399 e. The second kappa shape index (κ2) is 7.26. The molecule has 0 aliphatic rings. The molecule has 0 unspecified atom stereocenters. The third kappa shape index (κ3) is 5.66. The number of nitrogens with zero attached hydrogens (tertiary/aromatic N) is 1. The Morgan fingerprint density at radius 3 is 2.67 bits per heavy atom. The number of nitrogens with two attached hydrogens (primary N) is 1. The van der Waals surface area contributed by atoms with Crippen LogP contribution in [-0.2, 0) is 16.6 Å². The molecule has 1 aromatic heterocycles. The normalized spacial score (nSPS) is 11.7. The summed E-state index contributed by atoms with van der Waals surface area (Å²) in [5.41, 5.74) is 7.06. The monoisotopic (exact) mass is 343 g/mol. The molecule has 0 fully saturated rings. The van der Waals surface area contributed by atoms with Crippen molar-refractivity contribution in [3.8, 4) is 0 Å². The molecule has 0 saturated heterocycles. The minimum atomic E-state index is -3.28. The molecule has 3 N–H and O–H groups in total. The minimum absolute atomic E-state index is 0.0746. The molecule has 0 bridgehead atoms. The van der Waals surface area contributed by atoms with E-state index in [1.165, 1.54) is 23.1 Å². The molecule has 0 saturated carbocycles. The van der Waals surface area contributed by atoms with Crippen molar-refractivity contribution in [1.29, 1.82) is 0 Å². The molecule has 114 valence electrons. The number of benzene rings is 1. The zero-order valence-corrected chi connectivity index (χ0v) is 14.0. The fourth-order valence-corrected chi connectivity index (χ4v) is 4.48. The third-order valence-corrected chi connectivity index (χ3v) is 6.06. The van der Waals surface area contributed by atoms with Gasteiger partial charge in [0.1, 0.15) is 0 Å². The summed E-state index contributed by atoms with van der Waals surface area (Å²) in [6, 6.07) is 7.38. The maximum atomic E-state index is 11.9. The molecule has 1 heterocycles. The molecular formula is C13H17N3O2S3. The van der Waals surface area contributed by atoms with Crippen molar-refractivity contribution in [2.75, 3.05) is 17.2 Å². The average Bonchev–Trinajstić information content (AvgIpc) is 2.85. The third-order valence-electron chi connectivity index (χ3n) is 2.64. The zero-order chi connectivity index (χ0) is 15.3. The van der Waals surface area contributed by atoms with E-state index in [-0.39, 0.29) is 12.3 Å². The summed E-state index contributed by atoms with van der Waals surface area (Å²) in [7, 11) is -3.28. The second-order valence-electron chi connectivity index (χ2n) is 4.42. The highest BCUT2D eigenvalue weighted by molar-refractivity contribution is 8.00. The van der Waals surface area contributed by atoms with Crippen molar-refractivity contribution >= 4 is 38.8 Å². The summed E-state index contributed by atoms with van der Waals surface area (Å²) in [5, 5.41) is 2.80. The van der Waals surface area contributed by atoms with Crippen LogP contribution in [0.2, 0.25) is 0 Å². The highest BCUT2D eigenvalue weighted by Gasteiger charge is 2.11. The van der Waals surface area contributed by atoms with Gasteiger partial charge in [-0.1, -0.05) is 0 Å². The van der Waals surface area contributed by atoms with Gasteiger partial charge in [-0.2, -0.15) is 0 Å². The number of thiazole rings is 1. The summed E-state index contributed by atoms with van der Waals surface area (Å²) in [6.07, 6.45) is 0. The summed E-state index contributed by atoms with van der Waals surface area (Å²) in [5.74, 6) is 0.570. The van der Waals surface area contributed by atoms with Crippen LogP contribution in [0.3, 0.4) is 0 Å². The lowest BCUT2D eigenvalue weighted by molar-refractivity contribution is 0.582. The van der Waals surface area contributed by atoms with Crippen LogP contribution in [-0.4, -0.2) is 24.9 Å². The van der Waals surface area contributed by atoms with Crippen molar-refractivity contribution in [2.45, 2.75) is 18.4 Å². The first kappa shape index (κ1) is 16.3. The van der Waals surface area contributed by atoms with Crippen LogP contribution in [0.15, 0.2) is 34.5 Å². The average molecular weight is 343 g/mol. The maximum absolute atomic E-state index is 11.9. The second-order valence-corrected chi connectivity index (χ2v) is 8.57. The molecule has 8 heteroatoms. The first-order valence-corrected chi connectivity index (χ1v) is 9.83. The Bertz CT molecular complexity index is 681. The van der Waals surface area contributed by atoms with Gasteiger partial charge in [-0.25, -0.2) is 18.1 Å². The number of hydrogen-bond acceptors (Lipinski definition) is 6. The number of thioether (sulfide) groups is 1. The molecule has 2 rings (SSSR count).